The molecule has 1 aliphatic rings. The minimum Gasteiger partial charge on any atom is -0.333 e. The number of aromatic nitrogens is 2. The first-order valence-corrected chi connectivity index (χ1v) is 12.8. The van der Waals surface area contributed by atoms with Gasteiger partial charge in [-0.25, -0.2) is 0 Å². The second kappa shape index (κ2) is 10.7. The lowest BCUT2D eigenvalue weighted by Gasteiger charge is -2.33. The maximum Gasteiger partial charge on any atom is 0.435 e. The molecule has 4 rings (SSSR count). The summed E-state index contributed by atoms with van der Waals surface area (Å²) in [7, 11) is 3.79. The van der Waals surface area contributed by atoms with Crippen LogP contribution in [0.3, 0.4) is 0 Å². The lowest BCUT2D eigenvalue weighted by Crippen LogP contribution is -2.37. The number of alkyl halides is 3. The van der Waals surface area contributed by atoms with E-state index in [2.05, 4.69) is 11.2 Å². The average molecular weight is 548 g/mol. The molecule has 1 aromatic carbocycles. The second-order valence-corrected chi connectivity index (χ2v) is 10.5. The molecule has 3 heterocycles. The van der Waals surface area contributed by atoms with Gasteiger partial charge >= 0.3 is 6.18 Å². The van der Waals surface area contributed by atoms with Crippen molar-refractivity contribution in [1.29, 1.82) is 5.26 Å². The minimum absolute atomic E-state index is 0.110. The van der Waals surface area contributed by atoms with Gasteiger partial charge in [0.05, 0.1) is 6.54 Å². The highest BCUT2D eigenvalue weighted by molar-refractivity contribution is 7.12. The van der Waals surface area contributed by atoms with Crippen LogP contribution in [0.2, 0.25) is 5.02 Å². The van der Waals surface area contributed by atoms with E-state index in [-0.39, 0.29) is 35.1 Å². The summed E-state index contributed by atoms with van der Waals surface area (Å²) in [4.78, 5) is 17.9. The summed E-state index contributed by atoms with van der Waals surface area (Å²) in [6, 6.07) is 8.89. The molecule has 0 radical (unpaired) electrons. The number of benzene rings is 1. The molecule has 37 heavy (non-hydrogen) atoms. The average Bonchev–Trinajstić information content (AvgIpc) is 3.47. The standard InChI is InChI=1S/C26H25ClF3N5OS/c1-4-35-14-20(25(32-35)26(28,29)30)24-17(7-5-8-21(24)27)19-13-34(23(36)9-6-10-33(2)3)15-22-18(19)11-16(12-31)37-22/h5-9,11,14,19H,4,10,13,15H2,1-3H3/b9-6+/t19-/m0/s1. The molecule has 0 spiro atoms. The number of aryl methyl sites for hydroxylation is 1. The van der Waals surface area contributed by atoms with Crippen LogP contribution < -0.4 is 0 Å². The van der Waals surface area contributed by atoms with Crippen molar-refractivity contribution < 1.29 is 18.0 Å². The first kappa shape index (κ1) is 26.9. The van der Waals surface area contributed by atoms with E-state index < -0.39 is 17.8 Å². The molecule has 194 valence electrons. The van der Waals surface area contributed by atoms with Crippen LogP contribution in [0.1, 0.15) is 39.4 Å². The van der Waals surface area contributed by atoms with Crippen LogP contribution in [0.25, 0.3) is 11.1 Å². The molecule has 1 amide bonds. The normalized spacial score (nSPS) is 15.9. The lowest BCUT2D eigenvalue weighted by atomic mass is 9.83. The topological polar surface area (TPSA) is 65.2 Å². The maximum absolute atomic E-state index is 14.0. The molecule has 0 N–H and O–H groups in total. The SMILES string of the molecule is CCn1cc(-c2c(Cl)cccc2[C@@H]2CN(C(=O)/C=C/CN(C)C)Cc3sc(C#N)cc32)c(C(F)(F)F)n1. The Bertz CT molecular complexity index is 1390. The van der Waals surface area contributed by atoms with Crippen molar-refractivity contribution in [3.8, 4) is 17.2 Å². The van der Waals surface area contributed by atoms with Gasteiger partial charge in [0.15, 0.2) is 5.69 Å². The highest BCUT2D eigenvalue weighted by Crippen LogP contribution is 2.46. The van der Waals surface area contributed by atoms with Gasteiger partial charge in [-0.1, -0.05) is 29.8 Å². The third-order valence-corrected chi connectivity index (χ3v) is 7.51. The van der Waals surface area contributed by atoms with Gasteiger partial charge in [-0.15, -0.1) is 11.3 Å². The van der Waals surface area contributed by atoms with Crippen LogP contribution in [0, 0.1) is 11.3 Å². The van der Waals surface area contributed by atoms with Gasteiger partial charge in [-0.3, -0.25) is 9.48 Å². The molecule has 0 saturated carbocycles. The van der Waals surface area contributed by atoms with Crippen molar-refractivity contribution in [2.75, 3.05) is 27.2 Å². The van der Waals surface area contributed by atoms with Gasteiger partial charge < -0.3 is 9.80 Å². The molecule has 0 unspecified atom stereocenters. The number of nitriles is 1. The predicted molar refractivity (Wildman–Crippen MR) is 137 cm³/mol. The van der Waals surface area contributed by atoms with Crippen molar-refractivity contribution in [2.24, 2.45) is 0 Å². The lowest BCUT2D eigenvalue weighted by molar-refractivity contribution is -0.141. The van der Waals surface area contributed by atoms with Crippen molar-refractivity contribution in [3.05, 3.63) is 74.2 Å². The summed E-state index contributed by atoms with van der Waals surface area (Å²) in [5.41, 5.74) is 0.480. The van der Waals surface area contributed by atoms with E-state index in [1.54, 1.807) is 42.2 Å². The molecule has 11 heteroatoms. The van der Waals surface area contributed by atoms with Crippen LogP contribution in [-0.2, 0) is 24.1 Å². The van der Waals surface area contributed by atoms with Crippen LogP contribution in [0.4, 0.5) is 13.2 Å². The zero-order valence-corrected chi connectivity index (χ0v) is 22.1. The van der Waals surface area contributed by atoms with Gasteiger partial charge in [-0.2, -0.15) is 23.5 Å². The third kappa shape index (κ3) is 5.59. The van der Waals surface area contributed by atoms with E-state index >= 15 is 0 Å². The number of hydrogen-bond acceptors (Lipinski definition) is 5. The zero-order chi connectivity index (χ0) is 26.9. The van der Waals surface area contributed by atoms with E-state index in [1.165, 1.54) is 28.3 Å². The summed E-state index contributed by atoms with van der Waals surface area (Å²) in [5, 5.41) is 13.5. The fourth-order valence-electron chi connectivity index (χ4n) is 4.47. The summed E-state index contributed by atoms with van der Waals surface area (Å²) < 4.78 is 43.2. The fraction of sp³-hybridized carbons (Fsp3) is 0.346. The molecular formula is C26H25ClF3N5OS. The number of rotatable bonds is 6. The third-order valence-electron chi connectivity index (χ3n) is 6.15. The molecular weight excluding hydrogens is 523 g/mol. The number of nitrogens with zero attached hydrogens (tertiary/aromatic N) is 5. The summed E-state index contributed by atoms with van der Waals surface area (Å²) in [6.07, 6.45) is -0.0493. The Kier molecular flexibility index (Phi) is 7.78. The van der Waals surface area contributed by atoms with E-state index in [0.29, 0.717) is 23.5 Å². The van der Waals surface area contributed by atoms with Crippen LogP contribution in [-0.4, -0.2) is 52.7 Å². The van der Waals surface area contributed by atoms with E-state index in [1.807, 2.05) is 19.0 Å². The first-order valence-electron chi connectivity index (χ1n) is 11.6. The van der Waals surface area contributed by atoms with Crippen molar-refractivity contribution in [3.63, 3.8) is 0 Å². The van der Waals surface area contributed by atoms with Crippen molar-refractivity contribution in [2.45, 2.75) is 32.1 Å². The largest absolute Gasteiger partial charge is 0.435 e. The molecule has 2 aromatic heterocycles. The molecule has 0 aliphatic carbocycles. The van der Waals surface area contributed by atoms with Crippen LogP contribution >= 0.6 is 22.9 Å². The molecule has 6 nitrogen and oxygen atoms in total. The number of fused-ring (bicyclic) bond motifs is 1. The van der Waals surface area contributed by atoms with Gasteiger partial charge in [0.2, 0.25) is 5.91 Å². The highest BCUT2D eigenvalue weighted by Gasteiger charge is 2.40. The number of thiophene rings is 1. The summed E-state index contributed by atoms with van der Waals surface area (Å²) >= 11 is 7.85. The fourth-order valence-corrected chi connectivity index (χ4v) is 5.79. The Hall–Kier alpha value is -3.13. The quantitative estimate of drug-likeness (QED) is 0.368. The Morgan fingerprint density at radius 2 is 2.11 bits per heavy atom. The molecule has 3 aromatic rings. The summed E-state index contributed by atoms with van der Waals surface area (Å²) in [5.74, 6) is -0.684. The van der Waals surface area contributed by atoms with Gasteiger partial charge in [-0.05, 0) is 44.3 Å². The Morgan fingerprint density at radius 1 is 1.35 bits per heavy atom. The Morgan fingerprint density at radius 3 is 2.76 bits per heavy atom. The number of halogens is 4. The molecule has 0 fully saturated rings. The van der Waals surface area contributed by atoms with E-state index in [4.69, 9.17) is 11.6 Å². The first-order chi connectivity index (χ1) is 17.5. The van der Waals surface area contributed by atoms with Crippen molar-refractivity contribution >= 4 is 28.8 Å². The number of carbonyl (C=O) groups excluding carboxylic acids is 1. The predicted octanol–water partition coefficient (Wildman–Crippen LogP) is 5.77. The Labute approximate surface area is 222 Å². The molecule has 1 atom stereocenters. The smallest absolute Gasteiger partial charge is 0.333 e. The second-order valence-electron chi connectivity index (χ2n) is 8.99. The molecule has 0 saturated heterocycles. The highest BCUT2D eigenvalue weighted by atomic mass is 35.5. The van der Waals surface area contributed by atoms with Gasteiger partial charge in [0.1, 0.15) is 10.9 Å². The van der Waals surface area contributed by atoms with E-state index in [0.717, 1.165) is 10.4 Å². The summed E-state index contributed by atoms with van der Waals surface area (Å²) in [6.45, 7) is 3.11. The number of carbonyl (C=O) groups is 1. The molecule has 1 aliphatic heterocycles. The van der Waals surface area contributed by atoms with E-state index in [9.17, 15) is 23.2 Å². The number of likely N-dealkylation sites (N-methyl/N-ethyl adjacent to an activating group) is 1. The number of amides is 1. The Balaban J connectivity index is 1.86. The van der Waals surface area contributed by atoms with Gasteiger partial charge in [0.25, 0.3) is 0 Å². The van der Waals surface area contributed by atoms with Gasteiger partial charge in [0, 0.05) is 58.9 Å². The zero-order valence-electron chi connectivity index (χ0n) is 20.5. The van der Waals surface area contributed by atoms with Crippen LogP contribution in [0.5, 0.6) is 0 Å². The monoisotopic (exact) mass is 547 g/mol. The number of hydrogen-bond donors (Lipinski definition) is 0. The minimum atomic E-state index is -4.68. The maximum atomic E-state index is 14.0. The molecule has 0 bridgehead atoms. The van der Waals surface area contributed by atoms with Crippen LogP contribution in [0.15, 0.2) is 42.6 Å². The van der Waals surface area contributed by atoms with Crippen molar-refractivity contribution in [1.82, 2.24) is 19.6 Å².